The number of rotatable bonds is 5. The van der Waals surface area contributed by atoms with Gasteiger partial charge in [-0.2, -0.15) is 0 Å². The highest BCUT2D eigenvalue weighted by molar-refractivity contribution is 5.29. The van der Waals surface area contributed by atoms with E-state index >= 15 is 0 Å². The van der Waals surface area contributed by atoms with Crippen LogP contribution in [-0.4, -0.2) is 18.8 Å². The van der Waals surface area contributed by atoms with E-state index in [1.54, 1.807) is 7.11 Å². The average Bonchev–Trinajstić information content (AvgIpc) is 2.30. The van der Waals surface area contributed by atoms with Crippen molar-refractivity contribution < 1.29 is 9.84 Å². The van der Waals surface area contributed by atoms with Crippen LogP contribution in [0.15, 0.2) is 24.3 Å². The summed E-state index contributed by atoms with van der Waals surface area (Å²) < 4.78 is 5.07. The fourth-order valence-electron chi connectivity index (χ4n) is 1.59. The van der Waals surface area contributed by atoms with Crippen LogP contribution >= 0.6 is 0 Å². The van der Waals surface area contributed by atoms with E-state index in [1.165, 1.54) is 0 Å². The molecule has 1 aromatic carbocycles. The lowest BCUT2D eigenvalue weighted by molar-refractivity contribution is 0.200. The van der Waals surface area contributed by atoms with Gasteiger partial charge in [-0.1, -0.05) is 19.1 Å². The molecule has 84 valence electrons. The normalized spacial score (nSPS) is 14.7. The summed E-state index contributed by atoms with van der Waals surface area (Å²) in [5.41, 5.74) is 7.09. The smallest absolute Gasteiger partial charge is 0.118 e. The minimum Gasteiger partial charge on any atom is -0.497 e. The molecule has 15 heavy (non-hydrogen) atoms. The molecule has 2 atom stereocenters. The van der Waals surface area contributed by atoms with Gasteiger partial charge in [-0.3, -0.25) is 0 Å². The van der Waals surface area contributed by atoms with Crippen LogP contribution in [0.5, 0.6) is 5.75 Å². The van der Waals surface area contributed by atoms with Crippen molar-refractivity contribution >= 4 is 0 Å². The third-order valence-electron chi connectivity index (χ3n) is 2.77. The fourth-order valence-corrected chi connectivity index (χ4v) is 1.59. The minimum atomic E-state index is -0.106. The van der Waals surface area contributed by atoms with Crippen molar-refractivity contribution in [1.82, 2.24) is 0 Å². The van der Waals surface area contributed by atoms with Gasteiger partial charge in [0.05, 0.1) is 7.11 Å². The molecule has 0 aliphatic rings. The number of aliphatic hydroxyl groups is 1. The maximum absolute atomic E-state index is 9.15. The lowest BCUT2D eigenvalue weighted by Crippen LogP contribution is -2.23. The van der Waals surface area contributed by atoms with Gasteiger partial charge in [0.1, 0.15) is 5.75 Å². The Morgan fingerprint density at radius 2 is 1.93 bits per heavy atom. The first kappa shape index (κ1) is 12.0. The second-order valence-electron chi connectivity index (χ2n) is 3.65. The van der Waals surface area contributed by atoms with Gasteiger partial charge < -0.3 is 15.6 Å². The van der Waals surface area contributed by atoms with E-state index < -0.39 is 0 Å². The Hall–Kier alpha value is -1.06. The molecule has 0 radical (unpaired) electrons. The molecule has 0 fully saturated rings. The molecule has 0 saturated heterocycles. The zero-order valence-corrected chi connectivity index (χ0v) is 9.31. The Labute approximate surface area is 90.9 Å². The molecule has 0 saturated carbocycles. The molecule has 0 aliphatic heterocycles. The number of aliphatic hydroxyl groups excluding tert-OH is 1. The molecule has 3 heteroatoms. The largest absolute Gasteiger partial charge is 0.497 e. The number of hydrogen-bond acceptors (Lipinski definition) is 3. The Morgan fingerprint density at radius 3 is 2.33 bits per heavy atom. The Bertz CT molecular complexity index is 280. The van der Waals surface area contributed by atoms with Crippen LogP contribution in [0.25, 0.3) is 0 Å². The van der Waals surface area contributed by atoms with Gasteiger partial charge in [0, 0.05) is 18.6 Å². The summed E-state index contributed by atoms with van der Waals surface area (Å²) in [6.07, 6.45) is 0.879. The molecule has 0 bridgehead atoms. The third-order valence-corrected chi connectivity index (χ3v) is 2.77. The Kier molecular flexibility index (Phi) is 4.59. The summed E-state index contributed by atoms with van der Waals surface area (Å²) in [5.74, 6) is 0.946. The van der Waals surface area contributed by atoms with E-state index in [9.17, 15) is 0 Å². The quantitative estimate of drug-likeness (QED) is 0.776. The van der Waals surface area contributed by atoms with Gasteiger partial charge in [-0.25, -0.2) is 0 Å². The Balaban J connectivity index is 2.76. The van der Waals surface area contributed by atoms with Crippen molar-refractivity contribution in [2.75, 3.05) is 13.7 Å². The van der Waals surface area contributed by atoms with Crippen LogP contribution < -0.4 is 10.5 Å². The number of nitrogens with two attached hydrogens (primary N) is 1. The number of hydrogen-bond donors (Lipinski definition) is 2. The predicted molar refractivity (Wildman–Crippen MR) is 60.8 cm³/mol. The van der Waals surface area contributed by atoms with Gasteiger partial charge in [0.25, 0.3) is 0 Å². The minimum absolute atomic E-state index is 0.106. The lowest BCUT2D eigenvalue weighted by Gasteiger charge is -2.20. The highest BCUT2D eigenvalue weighted by Crippen LogP contribution is 2.23. The molecule has 1 aromatic rings. The van der Waals surface area contributed by atoms with Crippen LogP contribution in [0.1, 0.15) is 24.9 Å². The van der Waals surface area contributed by atoms with E-state index in [2.05, 4.69) is 0 Å². The number of ether oxygens (including phenoxy) is 1. The first-order valence-electron chi connectivity index (χ1n) is 5.23. The van der Waals surface area contributed by atoms with Crippen molar-refractivity contribution in [2.45, 2.75) is 19.4 Å². The molecule has 0 aliphatic carbocycles. The van der Waals surface area contributed by atoms with Crippen molar-refractivity contribution in [2.24, 2.45) is 11.7 Å². The van der Waals surface area contributed by atoms with Gasteiger partial charge in [-0.05, 0) is 24.1 Å². The zero-order valence-electron chi connectivity index (χ0n) is 9.31. The standard InChI is InChI=1S/C12H19NO2/c1-3-9(8-14)12(13)10-4-6-11(15-2)7-5-10/h4-7,9,12,14H,3,8,13H2,1-2H3. The first-order chi connectivity index (χ1) is 7.22. The van der Waals surface area contributed by atoms with Gasteiger partial charge >= 0.3 is 0 Å². The maximum Gasteiger partial charge on any atom is 0.118 e. The second-order valence-corrected chi connectivity index (χ2v) is 3.65. The molecule has 3 nitrogen and oxygen atoms in total. The van der Waals surface area contributed by atoms with E-state index in [0.717, 1.165) is 17.7 Å². The summed E-state index contributed by atoms with van der Waals surface area (Å²) in [6.45, 7) is 2.16. The monoisotopic (exact) mass is 209 g/mol. The molecule has 0 aromatic heterocycles. The summed E-state index contributed by atoms with van der Waals surface area (Å²) in [6, 6.07) is 7.56. The van der Waals surface area contributed by atoms with Crippen LogP contribution in [0.4, 0.5) is 0 Å². The van der Waals surface area contributed by atoms with Gasteiger partial charge in [0.2, 0.25) is 0 Å². The number of methoxy groups -OCH3 is 1. The van der Waals surface area contributed by atoms with Crippen molar-refractivity contribution in [3.05, 3.63) is 29.8 Å². The molecule has 0 amide bonds. The zero-order chi connectivity index (χ0) is 11.3. The van der Waals surface area contributed by atoms with Crippen LogP contribution in [0, 0.1) is 5.92 Å². The highest BCUT2D eigenvalue weighted by Gasteiger charge is 2.16. The number of benzene rings is 1. The summed E-state index contributed by atoms with van der Waals surface area (Å²) in [7, 11) is 1.64. The van der Waals surface area contributed by atoms with Crippen molar-refractivity contribution in [3.8, 4) is 5.75 Å². The van der Waals surface area contributed by atoms with Crippen LogP contribution in [0.2, 0.25) is 0 Å². The highest BCUT2D eigenvalue weighted by atomic mass is 16.5. The molecule has 2 unspecified atom stereocenters. The maximum atomic E-state index is 9.15. The molecule has 3 N–H and O–H groups in total. The van der Waals surface area contributed by atoms with Crippen LogP contribution in [-0.2, 0) is 0 Å². The van der Waals surface area contributed by atoms with Crippen LogP contribution in [0.3, 0.4) is 0 Å². The first-order valence-corrected chi connectivity index (χ1v) is 5.23. The van der Waals surface area contributed by atoms with E-state index in [1.807, 2.05) is 31.2 Å². The topological polar surface area (TPSA) is 55.5 Å². The second kappa shape index (κ2) is 5.73. The lowest BCUT2D eigenvalue weighted by atomic mass is 9.92. The molecule has 0 heterocycles. The van der Waals surface area contributed by atoms with Crippen molar-refractivity contribution in [3.63, 3.8) is 0 Å². The van der Waals surface area contributed by atoms with Crippen molar-refractivity contribution in [1.29, 1.82) is 0 Å². The Morgan fingerprint density at radius 1 is 1.33 bits per heavy atom. The predicted octanol–water partition coefficient (Wildman–Crippen LogP) is 1.71. The SMILES string of the molecule is CCC(CO)C(N)c1ccc(OC)cc1. The summed E-state index contributed by atoms with van der Waals surface area (Å²) >= 11 is 0. The van der Waals surface area contributed by atoms with E-state index in [-0.39, 0.29) is 18.6 Å². The molecular weight excluding hydrogens is 190 g/mol. The summed E-state index contributed by atoms with van der Waals surface area (Å²) in [5, 5.41) is 9.15. The van der Waals surface area contributed by atoms with E-state index in [0.29, 0.717) is 0 Å². The third kappa shape index (κ3) is 2.94. The average molecular weight is 209 g/mol. The molecule has 0 spiro atoms. The molecule has 1 rings (SSSR count). The van der Waals surface area contributed by atoms with Gasteiger partial charge in [-0.15, -0.1) is 0 Å². The molecular formula is C12H19NO2. The summed E-state index contributed by atoms with van der Waals surface area (Å²) in [4.78, 5) is 0. The van der Waals surface area contributed by atoms with E-state index in [4.69, 9.17) is 15.6 Å². The fraction of sp³-hybridized carbons (Fsp3) is 0.500. The van der Waals surface area contributed by atoms with Gasteiger partial charge in [0.15, 0.2) is 0 Å².